The fourth-order valence-corrected chi connectivity index (χ4v) is 5.60. The molecular weight excluding hydrogens is 475 g/mol. The van der Waals surface area contributed by atoms with Gasteiger partial charge in [0, 0.05) is 31.0 Å². The first-order valence-electron chi connectivity index (χ1n) is 12.7. The van der Waals surface area contributed by atoms with Gasteiger partial charge in [0.2, 0.25) is 0 Å². The molecule has 3 atom stereocenters. The molecule has 1 unspecified atom stereocenters. The highest BCUT2D eigenvalue weighted by Crippen LogP contribution is 2.44. The molecule has 1 aliphatic carbocycles. The molecule has 1 heterocycles. The Morgan fingerprint density at radius 2 is 1.58 bits per heavy atom. The van der Waals surface area contributed by atoms with Crippen molar-refractivity contribution in [2.75, 3.05) is 19.7 Å². The van der Waals surface area contributed by atoms with Crippen molar-refractivity contribution < 1.29 is 13.9 Å². The zero-order valence-electron chi connectivity index (χ0n) is 20.6. The van der Waals surface area contributed by atoms with E-state index in [1.54, 1.807) is 6.07 Å². The quantitative estimate of drug-likeness (QED) is 0.358. The van der Waals surface area contributed by atoms with Crippen LogP contribution in [0.2, 0.25) is 0 Å². The molecule has 0 spiro atoms. The van der Waals surface area contributed by atoms with Gasteiger partial charge in [-0.1, -0.05) is 86.5 Å². The number of halogens is 2. The molecule has 0 amide bonds. The molecule has 0 saturated carbocycles. The van der Waals surface area contributed by atoms with E-state index in [0.717, 1.165) is 12.8 Å². The van der Waals surface area contributed by atoms with Crippen LogP contribution in [-0.4, -0.2) is 37.7 Å². The van der Waals surface area contributed by atoms with Crippen LogP contribution in [0.25, 0.3) is 11.1 Å². The van der Waals surface area contributed by atoms with Gasteiger partial charge in [0.05, 0.1) is 0 Å². The summed E-state index contributed by atoms with van der Waals surface area (Å²) in [5.74, 6) is -0.405. The van der Waals surface area contributed by atoms with Crippen LogP contribution in [0.15, 0.2) is 72.8 Å². The van der Waals surface area contributed by atoms with Crippen molar-refractivity contribution in [2.45, 2.75) is 50.1 Å². The van der Waals surface area contributed by atoms with Crippen LogP contribution in [0.3, 0.4) is 0 Å². The first-order valence-corrected chi connectivity index (χ1v) is 12.7. The van der Waals surface area contributed by atoms with Gasteiger partial charge in [-0.15, -0.1) is 12.4 Å². The largest absolute Gasteiger partial charge is 0.464 e. The molecule has 3 aromatic carbocycles. The van der Waals surface area contributed by atoms with Gasteiger partial charge in [-0.05, 0) is 40.3 Å². The number of fused-ring (bicyclic) bond motifs is 3. The molecular formula is C30H34ClFN2O2. The third kappa shape index (κ3) is 5.34. The fourth-order valence-electron chi connectivity index (χ4n) is 5.60. The zero-order valence-corrected chi connectivity index (χ0v) is 21.4. The lowest BCUT2D eigenvalue weighted by Crippen LogP contribution is -2.47. The normalized spacial score (nSPS) is 19.3. The molecule has 5 rings (SSSR count). The summed E-state index contributed by atoms with van der Waals surface area (Å²) in [4.78, 5) is 13.3. The summed E-state index contributed by atoms with van der Waals surface area (Å²) in [5.41, 5.74) is 5.54. The number of esters is 1. The third-order valence-corrected chi connectivity index (χ3v) is 7.42. The highest BCUT2D eigenvalue weighted by atomic mass is 35.5. The van der Waals surface area contributed by atoms with E-state index in [0.29, 0.717) is 31.7 Å². The second kappa shape index (κ2) is 12.0. The minimum atomic E-state index is -0.416. The number of hydrogen-bond donors (Lipinski definition) is 2. The molecule has 2 aliphatic rings. The van der Waals surface area contributed by atoms with Crippen molar-refractivity contribution in [3.8, 4) is 11.1 Å². The predicted molar refractivity (Wildman–Crippen MR) is 144 cm³/mol. The highest BCUT2D eigenvalue weighted by Gasteiger charge is 2.35. The predicted octanol–water partition coefficient (Wildman–Crippen LogP) is 5.81. The number of carbonyl (C=O) groups is 1. The van der Waals surface area contributed by atoms with Crippen LogP contribution in [0.4, 0.5) is 4.39 Å². The average molecular weight is 509 g/mol. The van der Waals surface area contributed by atoms with Crippen molar-refractivity contribution in [2.24, 2.45) is 0 Å². The molecule has 190 valence electrons. The molecule has 0 aromatic heterocycles. The minimum Gasteiger partial charge on any atom is -0.464 e. The minimum absolute atomic E-state index is 0. The van der Waals surface area contributed by atoms with Crippen molar-refractivity contribution in [3.05, 3.63) is 95.3 Å². The molecule has 1 aliphatic heterocycles. The lowest BCUT2D eigenvalue weighted by Gasteiger charge is -2.26. The molecule has 1 fully saturated rings. The van der Waals surface area contributed by atoms with Crippen molar-refractivity contribution >= 4 is 18.4 Å². The molecule has 36 heavy (non-hydrogen) atoms. The van der Waals surface area contributed by atoms with Crippen LogP contribution < -0.4 is 10.6 Å². The molecule has 0 bridgehead atoms. The first-order chi connectivity index (χ1) is 17.2. The maximum atomic E-state index is 14.5. The Hall–Kier alpha value is -2.73. The molecule has 4 nitrogen and oxygen atoms in total. The number of hydrogen-bond acceptors (Lipinski definition) is 4. The zero-order chi connectivity index (χ0) is 24.2. The van der Waals surface area contributed by atoms with Crippen LogP contribution in [0.1, 0.15) is 54.7 Å². The van der Waals surface area contributed by atoms with Gasteiger partial charge in [-0.2, -0.15) is 0 Å². The van der Waals surface area contributed by atoms with Gasteiger partial charge in [0.15, 0.2) is 0 Å². The summed E-state index contributed by atoms with van der Waals surface area (Å²) in [6, 6.07) is 23.2. The second-order valence-corrected chi connectivity index (χ2v) is 9.61. The van der Waals surface area contributed by atoms with E-state index in [-0.39, 0.29) is 42.1 Å². The van der Waals surface area contributed by atoms with Crippen molar-refractivity contribution in [1.82, 2.24) is 10.6 Å². The van der Waals surface area contributed by atoms with E-state index in [9.17, 15) is 9.18 Å². The van der Waals surface area contributed by atoms with Gasteiger partial charge in [-0.3, -0.25) is 10.1 Å². The van der Waals surface area contributed by atoms with E-state index < -0.39 is 6.04 Å². The topological polar surface area (TPSA) is 50.4 Å². The van der Waals surface area contributed by atoms with E-state index in [1.165, 1.54) is 28.3 Å². The van der Waals surface area contributed by atoms with Crippen LogP contribution in [-0.2, 0) is 9.53 Å². The average Bonchev–Trinajstić information content (AvgIpc) is 3.48. The number of benzene rings is 3. The SMILES string of the molecule is CCCCC(N[C@H]1CNC[C@@H]1c1ccccc1F)C(=O)OCC1c2ccccc2-c2ccccc21.Cl. The Labute approximate surface area is 219 Å². The van der Waals surface area contributed by atoms with Gasteiger partial charge in [0.25, 0.3) is 0 Å². The van der Waals surface area contributed by atoms with Crippen molar-refractivity contribution in [1.29, 1.82) is 0 Å². The number of ether oxygens (including phenoxy) is 1. The Kier molecular flexibility index (Phi) is 8.78. The van der Waals surface area contributed by atoms with Gasteiger partial charge in [-0.25, -0.2) is 4.39 Å². The van der Waals surface area contributed by atoms with Crippen molar-refractivity contribution in [3.63, 3.8) is 0 Å². The van der Waals surface area contributed by atoms with E-state index in [1.807, 2.05) is 24.3 Å². The lowest BCUT2D eigenvalue weighted by molar-refractivity contribution is -0.147. The van der Waals surface area contributed by atoms with Gasteiger partial charge >= 0.3 is 5.97 Å². The van der Waals surface area contributed by atoms with E-state index in [4.69, 9.17) is 4.74 Å². The second-order valence-electron chi connectivity index (χ2n) is 9.61. The Bertz CT molecular complexity index is 1140. The summed E-state index contributed by atoms with van der Waals surface area (Å²) in [5, 5.41) is 6.90. The van der Waals surface area contributed by atoms with E-state index >= 15 is 0 Å². The highest BCUT2D eigenvalue weighted by molar-refractivity contribution is 5.85. The standard InChI is InChI=1S/C30H33FN2O2.ClH/c1-2-3-16-28(33-29-18-32-17-25(29)24-14-8-9-15-27(24)31)30(34)35-19-26-22-12-6-4-10-20(22)21-11-5-7-13-23(21)26;/h4-15,25-26,28-29,32-33H,2-3,16-19H2,1H3;1H/t25-,28?,29+;/m1./s1. The first kappa shape index (κ1) is 26.3. The molecule has 2 N–H and O–H groups in total. The molecule has 3 aromatic rings. The summed E-state index contributed by atoms with van der Waals surface area (Å²) in [6.45, 7) is 3.81. The summed E-state index contributed by atoms with van der Waals surface area (Å²) >= 11 is 0. The summed E-state index contributed by atoms with van der Waals surface area (Å²) in [6.07, 6.45) is 2.62. The Morgan fingerprint density at radius 1 is 0.972 bits per heavy atom. The van der Waals surface area contributed by atoms with E-state index in [2.05, 4.69) is 54.0 Å². The van der Waals surface area contributed by atoms with Crippen LogP contribution in [0.5, 0.6) is 0 Å². The maximum Gasteiger partial charge on any atom is 0.323 e. The van der Waals surface area contributed by atoms with Crippen LogP contribution in [0, 0.1) is 5.82 Å². The molecule has 1 saturated heterocycles. The Balaban J connectivity index is 0.00000304. The van der Waals surface area contributed by atoms with Gasteiger partial charge < -0.3 is 10.1 Å². The summed E-state index contributed by atoms with van der Waals surface area (Å²) in [7, 11) is 0. The number of carbonyl (C=O) groups excluding carboxylic acids is 1. The molecule has 6 heteroatoms. The van der Waals surface area contributed by atoms with Crippen LogP contribution >= 0.6 is 12.4 Å². The van der Waals surface area contributed by atoms with Gasteiger partial charge in [0.1, 0.15) is 18.5 Å². The third-order valence-electron chi connectivity index (χ3n) is 7.42. The fraction of sp³-hybridized carbons (Fsp3) is 0.367. The maximum absolute atomic E-state index is 14.5. The Morgan fingerprint density at radius 3 is 2.22 bits per heavy atom. The molecule has 0 radical (unpaired) electrons. The number of unbranched alkanes of at least 4 members (excludes halogenated alkanes) is 1. The number of nitrogens with one attached hydrogen (secondary N) is 2. The number of rotatable bonds is 9. The monoisotopic (exact) mass is 508 g/mol. The lowest BCUT2D eigenvalue weighted by atomic mass is 9.93. The summed E-state index contributed by atoms with van der Waals surface area (Å²) < 4.78 is 20.5. The smallest absolute Gasteiger partial charge is 0.323 e.